The van der Waals surface area contributed by atoms with Crippen LogP contribution in [0.2, 0.25) is 0 Å². The fourth-order valence-electron chi connectivity index (χ4n) is 3.81. The zero-order valence-electron chi connectivity index (χ0n) is 17.2. The fourth-order valence-corrected chi connectivity index (χ4v) is 3.81. The Morgan fingerprint density at radius 2 is 2.16 bits per heavy atom. The highest BCUT2D eigenvalue weighted by Gasteiger charge is 2.36. The molecule has 0 aromatic heterocycles. The Bertz CT molecular complexity index is 1040. The number of ether oxygens (including phenoxy) is 2. The normalized spacial score (nSPS) is 20.4. The molecule has 2 unspecified atom stereocenters. The highest BCUT2D eigenvalue weighted by molar-refractivity contribution is 6.03. The number of nitrogens with one attached hydrogen (secondary N) is 1. The lowest BCUT2D eigenvalue weighted by atomic mass is 10.1. The Labute approximate surface area is 183 Å². The molecule has 2 saturated heterocycles. The molecule has 32 heavy (non-hydrogen) atoms. The molecule has 0 aliphatic carbocycles. The smallest absolute Gasteiger partial charge is 0.306 e. The number of anilines is 2. The minimum absolute atomic E-state index is 0.0443. The Balaban J connectivity index is 1.38. The molecule has 2 amide bonds. The van der Waals surface area contributed by atoms with Crippen LogP contribution >= 0.6 is 0 Å². The largest absolute Gasteiger partial charge is 0.491 e. The van der Waals surface area contributed by atoms with Crippen LogP contribution in [-0.2, 0) is 14.3 Å². The van der Waals surface area contributed by atoms with Crippen molar-refractivity contribution in [1.29, 1.82) is 0 Å². The van der Waals surface area contributed by atoms with Gasteiger partial charge in [-0.15, -0.1) is 0 Å². The molecule has 0 bridgehead atoms. The van der Waals surface area contributed by atoms with Crippen molar-refractivity contribution < 1.29 is 28.4 Å². The lowest BCUT2D eigenvalue weighted by molar-refractivity contribution is -0.387. The second kappa shape index (κ2) is 9.31. The third-order valence-electron chi connectivity index (χ3n) is 5.50. The molecule has 2 atom stereocenters. The van der Waals surface area contributed by atoms with E-state index in [9.17, 15) is 24.1 Å². The molecule has 2 heterocycles. The van der Waals surface area contributed by atoms with Gasteiger partial charge in [0.1, 0.15) is 12.4 Å². The highest BCUT2D eigenvalue weighted by Crippen LogP contribution is 2.30. The quantitative estimate of drug-likeness (QED) is 0.519. The second-order valence-electron chi connectivity index (χ2n) is 7.76. The number of rotatable bonds is 7. The van der Waals surface area contributed by atoms with E-state index in [1.807, 2.05) is 0 Å². The Morgan fingerprint density at radius 1 is 1.31 bits per heavy atom. The van der Waals surface area contributed by atoms with Crippen LogP contribution in [0, 0.1) is 21.8 Å². The van der Waals surface area contributed by atoms with Crippen LogP contribution in [-0.4, -0.2) is 42.6 Å². The monoisotopic (exact) mass is 443 g/mol. The van der Waals surface area contributed by atoms with Crippen LogP contribution < -0.4 is 15.0 Å². The molecule has 2 aromatic carbocycles. The highest BCUT2D eigenvalue weighted by atomic mass is 19.1. The maximum atomic E-state index is 13.6. The molecule has 4 rings (SSSR count). The molecule has 0 radical (unpaired) electrons. The summed E-state index contributed by atoms with van der Waals surface area (Å²) in [5.41, 5.74) is -0.00545. The second-order valence-corrected chi connectivity index (χ2v) is 7.76. The van der Waals surface area contributed by atoms with E-state index >= 15 is 0 Å². The van der Waals surface area contributed by atoms with Crippen molar-refractivity contribution in [3.05, 3.63) is 58.4 Å². The Kier molecular flexibility index (Phi) is 6.31. The molecular formula is C22H22FN3O6. The molecular weight excluding hydrogens is 421 g/mol. The first-order valence-electron chi connectivity index (χ1n) is 10.3. The van der Waals surface area contributed by atoms with Gasteiger partial charge in [-0.1, -0.05) is 6.07 Å². The van der Waals surface area contributed by atoms with Gasteiger partial charge in [0.15, 0.2) is 0 Å². The van der Waals surface area contributed by atoms with Gasteiger partial charge in [0.25, 0.3) is 0 Å². The first-order chi connectivity index (χ1) is 15.4. The zero-order valence-corrected chi connectivity index (χ0v) is 17.2. The summed E-state index contributed by atoms with van der Waals surface area (Å²) in [4.78, 5) is 36.5. The minimum atomic E-state index is -0.985. The fraction of sp³-hybridized carbons (Fsp3) is 0.364. The molecule has 168 valence electrons. The summed E-state index contributed by atoms with van der Waals surface area (Å²) in [5, 5.41) is 13.8. The molecule has 2 aliphatic rings. The van der Waals surface area contributed by atoms with E-state index < -0.39 is 22.3 Å². The maximum absolute atomic E-state index is 13.6. The number of carbonyl (C=O) groups is 2. The Hall–Kier alpha value is -3.53. The van der Waals surface area contributed by atoms with Crippen LogP contribution in [0.3, 0.4) is 0 Å². The molecule has 1 N–H and O–H groups in total. The standard InChI is InChI=1S/C22H22FN3O6/c23-19-7-6-16(11-20(19)26(29)30)25-12-14(9-21(25)27)22(28)24-15-3-1-4-17(10-15)32-13-18-5-2-8-31-18/h1,3-4,6-7,10-11,14,18H,2,5,8-9,12-13H2,(H,24,28). The summed E-state index contributed by atoms with van der Waals surface area (Å²) < 4.78 is 24.9. The summed E-state index contributed by atoms with van der Waals surface area (Å²) in [6.45, 7) is 1.22. The molecule has 0 saturated carbocycles. The molecule has 2 aliphatic heterocycles. The Morgan fingerprint density at radius 3 is 2.91 bits per heavy atom. The van der Waals surface area contributed by atoms with E-state index in [1.165, 1.54) is 11.0 Å². The van der Waals surface area contributed by atoms with Crippen molar-refractivity contribution >= 4 is 28.9 Å². The average molecular weight is 443 g/mol. The lowest BCUT2D eigenvalue weighted by Gasteiger charge is -2.17. The number of nitro benzene ring substituents is 1. The van der Waals surface area contributed by atoms with Gasteiger partial charge in [0.2, 0.25) is 17.6 Å². The van der Waals surface area contributed by atoms with Crippen molar-refractivity contribution in [2.45, 2.75) is 25.4 Å². The number of nitro groups is 1. The third kappa shape index (κ3) is 4.86. The van der Waals surface area contributed by atoms with Gasteiger partial charge in [0, 0.05) is 37.4 Å². The number of halogens is 1. The van der Waals surface area contributed by atoms with Crippen LogP contribution in [0.1, 0.15) is 19.3 Å². The van der Waals surface area contributed by atoms with Crippen LogP contribution in [0.25, 0.3) is 0 Å². The van der Waals surface area contributed by atoms with Gasteiger partial charge in [-0.3, -0.25) is 19.7 Å². The predicted octanol–water partition coefficient (Wildman–Crippen LogP) is 3.28. The summed E-state index contributed by atoms with van der Waals surface area (Å²) in [7, 11) is 0. The maximum Gasteiger partial charge on any atom is 0.306 e. The van der Waals surface area contributed by atoms with Crippen LogP contribution in [0.5, 0.6) is 5.75 Å². The summed E-state index contributed by atoms with van der Waals surface area (Å²) in [6.07, 6.45) is 2.00. The lowest BCUT2D eigenvalue weighted by Crippen LogP contribution is -2.28. The van der Waals surface area contributed by atoms with Crippen LogP contribution in [0.15, 0.2) is 42.5 Å². The number of carbonyl (C=O) groups excluding carboxylic acids is 2. The van der Waals surface area contributed by atoms with Crippen molar-refractivity contribution in [1.82, 2.24) is 0 Å². The summed E-state index contributed by atoms with van der Waals surface area (Å²) in [5.74, 6) is -1.75. The van der Waals surface area contributed by atoms with Gasteiger partial charge in [-0.25, -0.2) is 0 Å². The van der Waals surface area contributed by atoms with E-state index in [1.54, 1.807) is 24.3 Å². The van der Waals surface area contributed by atoms with Gasteiger partial charge in [-0.05, 0) is 37.1 Å². The van der Waals surface area contributed by atoms with E-state index in [0.29, 0.717) is 18.0 Å². The number of hydrogen-bond donors (Lipinski definition) is 1. The molecule has 2 aromatic rings. The van der Waals surface area contributed by atoms with Crippen molar-refractivity contribution in [2.24, 2.45) is 5.92 Å². The van der Waals surface area contributed by atoms with E-state index in [2.05, 4.69) is 5.32 Å². The van der Waals surface area contributed by atoms with Gasteiger partial charge >= 0.3 is 5.69 Å². The predicted molar refractivity (Wildman–Crippen MR) is 113 cm³/mol. The van der Waals surface area contributed by atoms with Crippen molar-refractivity contribution in [2.75, 3.05) is 30.0 Å². The van der Waals surface area contributed by atoms with Crippen molar-refractivity contribution in [3.8, 4) is 5.75 Å². The van der Waals surface area contributed by atoms with Gasteiger partial charge < -0.3 is 19.7 Å². The number of amides is 2. The molecule has 2 fully saturated rings. The van der Waals surface area contributed by atoms with E-state index in [4.69, 9.17) is 9.47 Å². The summed E-state index contributed by atoms with van der Waals surface area (Å²) in [6, 6.07) is 10.2. The number of benzene rings is 2. The first-order valence-corrected chi connectivity index (χ1v) is 10.3. The van der Waals surface area contributed by atoms with Gasteiger partial charge in [0.05, 0.1) is 22.6 Å². The topological polar surface area (TPSA) is 111 Å². The first kappa shape index (κ1) is 21.7. The molecule has 10 heteroatoms. The van der Waals surface area contributed by atoms with E-state index in [-0.39, 0.29) is 36.6 Å². The molecule has 0 spiro atoms. The van der Waals surface area contributed by atoms with Crippen LogP contribution in [0.4, 0.5) is 21.5 Å². The average Bonchev–Trinajstić information content (AvgIpc) is 3.42. The number of hydrogen-bond acceptors (Lipinski definition) is 6. The number of nitrogens with zero attached hydrogens (tertiary/aromatic N) is 2. The van der Waals surface area contributed by atoms with Crippen molar-refractivity contribution in [3.63, 3.8) is 0 Å². The SMILES string of the molecule is O=C(Nc1cccc(OCC2CCCO2)c1)C1CC(=O)N(c2ccc(F)c([N+](=O)[O-])c2)C1. The zero-order chi connectivity index (χ0) is 22.7. The van der Waals surface area contributed by atoms with Gasteiger partial charge in [-0.2, -0.15) is 4.39 Å². The van der Waals surface area contributed by atoms with E-state index in [0.717, 1.165) is 31.6 Å². The minimum Gasteiger partial charge on any atom is -0.491 e. The molecule has 9 nitrogen and oxygen atoms in total. The summed E-state index contributed by atoms with van der Waals surface area (Å²) >= 11 is 0. The third-order valence-corrected chi connectivity index (χ3v) is 5.50.